The van der Waals surface area contributed by atoms with Crippen LogP contribution in [0.1, 0.15) is 21.6 Å². The summed E-state index contributed by atoms with van der Waals surface area (Å²) in [5.41, 5.74) is 2.92. The first-order chi connectivity index (χ1) is 10.5. The van der Waals surface area contributed by atoms with Gasteiger partial charge in [-0.2, -0.15) is 5.10 Å². The number of aryl methyl sites for hydroxylation is 2. The van der Waals surface area contributed by atoms with Crippen molar-refractivity contribution in [2.75, 3.05) is 11.4 Å². The minimum Gasteiger partial charge on any atom is -0.289 e. The zero-order valence-electron chi connectivity index (χ0n) is 12.4. The standard InChI is InChI=1S/C17H15N3O2/c1-11-3-6-13(7-4-11)17(22)14-9-16(21)20(10-14)15-8-5-12(2)18-19-15/h3-9H,10H2,1-2H3. The molecule has 3 rings (SSSR count). The van der Waals surface area contributed by atoms with E-state index in [1.54, 1.807) is 24.3 Å². The predicted octanol–water partition coefficient (Wildman–Crippen LogP) is 2.25. The number of aromatic nitrogens is 2. The molecule has 22 heavy (non-hydrogen) atoms. The molecule has 2 aromatic rings. The van der Waals surface area contributed by atoms with E-state index in [1.165, 1.54) is 11.0 Å². The van der Waals surface area contributed by atoms with Gasteiger partial charge in [-0.25, -0.2) is 0 Å². The van der Waals surface area contributed by atoms with Crippen molar-refractivity contribution in [2.24, 2.45) is 0 Å². The summed E-state index contributed by atoms with van der Waals surface area (Å²) in [7, 11) is 0. The van der Waals surface area contributed by atoms with Gasteiger partial charge in [-0.15, -0.1) is 5.10 Å². The molecule has 1 aliphatic heterocycles. The van der Waals surface area contributed by atoms with Crippen LogP contribution in [-0.2, 0) is 4.79 Å². The lowest BCUT2D eigenvalue weighted by molar-refractivity contribution is -0.113. The van der Waals surface area contributed by atoms with Crippen LogP contribution in [-0.4, -0.2) is 28.4 Å². The Balaban J connectivity index is 1.81. The van der Waals surface area contributed by atoms with E-state index in [0.29, 0.717) is 17.0 Å². The lowest BCUT2D eigenvalue weighted by atomic mass is 10.0. The fraction of sp³-hybridized carbons (Fsp3) is 0.176. The number of amides is 1. The molecule has 1 aliphatic rings. The highest BCUT2D eigenvalue weighted by molar-refractivity contribution is 6.18. The van der Waals surface area contributed by atoms with Gasteiger partial charge in [-0.3, -0.25) is 14.5 Å². The summed E-state index contributed by atoms with van der Waals surface area (Å²) in [6.45, 7) is 4.01. The SMILES string of the molecule is Cc1ccc(C(=O)C2=CC(=O)N(c3ccc(C)nn3)C2)cc1. The highest BCUT2D eigenvalue weighted by Crippen LogP contribution is 2.21. The first-order valence-corrected chi connectivity index (χ1v) is 6.98. The van der Waals surface area contributed by atoms with Crippen LogP contribution in [0.4, 0.5) is 5.82 Å². The average molecular weight is 293 g/mol. The number of nitrogens with zero attached hydrogens (tertiary/aromatic N) is 3. The van der Waals surface area contributed by atoms with Crippen molar-refractivity contribution in [1.29, 1.82) is 0 Å². The molecule has 0 radical (unpaired) electrons. The van der Waals surface area contributed by atoms with Gasteiger partial charge in [0, 0.05) is 17.2 Å². The molecule has 110 valence electrons. The molecule has 0 unspecified atom stereocenters. The molecule has 2 heterocycles. The first-order valence-electron chi connectivity index (χ1n) is 6.98. The summed E-state index contributed by atoms with van der Waals surface area (Å²) in [6, 6.07) is 10.8. The normalized spacial score (nSPS) is 14.2. The largest absolute Gasteiger partial charge is 0.289 e. The van der Waals surface area contributed by atoms with Crippen molar-refractivity contribution >= 4 is 17.5 Å². The molecule has 1 amide bonds. The topological polar surface area (TPSA) is 63.2 Å². The van der Waals surface area contributed by atoms with Gasteiger partial charge in [-0.05, 0) is 26.0 Å². The van der Waals surface area contributed by atoms with E-state index in [1.807, 2.05) is 26.0 Å². The minimum atomic E-state index is -0.242. The molecular weight excluding hydrogens is 278 g/mol. The van der Waals surface area contributed by atoms with E-state index in [9.17, 15) is 9.59 Å². The zero-order chi connectivity index (χ0) is 15.7. The van der Waals surface area contributed by atoms with Crippen LogP contribution in [0.15, 0.2) is 48.0 Å². The smallest absolute Gasteiger partial charge is 0.252 e. The molecule has 0 atom stereocenters. The molecule has 0 fully saturated rings. The summed E-state index contributed by atoms with van der Waals surface area (Å²) >= 11 is 0. The van der Waals surface area contributed by atoms with Gasteiger partial charge in [0.25, 0.3) is 5.91 Å². The number of rotatable bonds is 3. The van der Waals surface area contributed by atoms with Crippen LogP contribution >= 0.6 is 0 Å². The molecule has 0 bridgehead atoms. The van der Waals surface area contributed by atoms with E-state index in [-0.39, 0.29) is 18.2 Å². The van der Waals surface area contributed by atoms with Crippen molar-refractivity contribution in [2.45, 2.75) is 13.8 Å². The van der Waals surface area contributed by atoms with Crippen molar-refractivity contribution in [1.82, 2.24) is 10.2 Å². The van der Waals surface area contributed by atoms with E-state index in [0.717, 1.165) is 11.3 Å². The molecule has 0 N–H and O–H groups in total. The van der Waals surface area contributed by atoms with E-state index >= 15 is 0 Å². The second kappa shape index (κ2) is 5.52. The quantitative estimate of drug-likeness (QED) is 0.814. The molecule has 5 heteroatoms. The highest BCUT2D eigenvalue weighted by atomic mass is 16.2. The molecule has 0 saturated heterocycles. The van der Waals surface area contributed by atoms with Crippen LogP contribution in [0.25, 0.3) is 0 Å². The lowest BCUT2D eigenvalue weighted by Crippen LogP contribution is -2.27. The Morgan fingerprint density at radius 1 is 1.05 bits per heavy atom. The monoisotopic (exact) mass is 293 g/mol. The third kappa shape index (κ3) is 2.65. The van der Waals surface area contributed by atoms with Gasteiger partial charge in [0.05, 0.1) is 12.2 Å². The Labute approximate surface area is 128 Å². The van der Waals surface area contributed by atoms with E-state index < -0.39 is 0 Å². The maximum Gasteiger partial charge on any atom is 0.252 e. The third-order valence-electron chi connectivity index (χ3n) is 3.56. The molecular formula is C17H15N3O2. The van der Waals surface area contributed by atoms with Gasteiger partial charge in [0.1, 0.15) is 0 Å². The van der Waals surface area contributed by atoms with Gasteiger partial charge >= 0.3 is 0 Å². The summed E-state index contributed by atoms with van der Waals surface area (Å²) in [5, 5.41) is 7.94. The second-order valence-corrected chi connectivity index (χ2v) is 5.32. The molecule has 0 saturated carbocycles. The fourth-order valence-electron chi connectivity index (χ4n) is 2.28. The van der Waals surface area contributed by atoms with Crippen LogP contribution in [0.5, 0.6) is 0 Å². The number of carbonyl (C=O) groups excluding carboxylic acids is 2. The first kappa shape index (κ1) is 14.1. The third-order valence-corrected chi connectivity index (χ3v) is 3.56. The maximum atomic E-state index is 12.5. The Bertz CT molecular complexity index is 761. The Morgan fingerprint density at radius 3 is 2.41 bits per heavy atom. The van der Waals surface area contributed by atoms with E-state index in [4.69, 9.17) is 0 Å². The summed E-state index contributed by atoms with van der Waals surface area (Å²) in [4.78, 5) is 26.0. The number of Topliss-reactive ketones (excluding diaryl/α,β-unsaturated/α-hetero) is 1. The number of hydrogen-bond donors (Lipinski definition) is 0. The molecule has 1 aromatic carbocycles. The van der Waals surface area contributed by atoms with Crippen LogP contribution in [0, 0.1) is 13.8 Å². The fourth-order valence-corrected chi connectivity index (χ4v) is 2.28. The van der Waals surface area contributed by atoms with Crippen LogP contribution < -0.4 is 4.90 Å². The number of ketones is 1. The van der Waals surface area contributed by atoms with Crippen LogP contribution in [0.2, 0.25) is 0 Å². The highest BCUT2D eigenvalue weighted by Gasteiger charge is 2.28. The number of benzene rings is 1. The summed E-state index contributed by atoms with van der Waals surface area (Å²) < 4.78 is 0. The number of carbonyl (C=O) groups is 2. The zero-order valence-corrected chi connectivity index (χ0v) is 12.4. The Morgan fingerprint density at radius 2 is 1.77 bits per heavy atom. The number of anilines is 1. The van der Waals surface area contributed by atoms with Gasteiger partial charge in [0.2, 0.25) is 0 Å². The predicted molar refractivity (Wildman–Crippen MR) is 82.7 cm³/mol. The summed E-state index contributed by atoms with van der Waals surface area (Å²) in [6.07, 6.45) is 1.38. The minimum absolute atomic E-state index is 0.129. The van der Waals surface area contributed by atoms with Crippen molar-refractivity contribution in [3.8, 4) is 0 Å². The molecule has 0 spiro atoms. The Kier molecular flexibility index (Phi) is 3.55. The van der Waals surface area contributed by atoms with Crippen molar-refractivity contribution in [3.05, 3.63) is 64.9 Å². The molecule has 5 nitrogen and oxygen atoms in total. The molecule has 0 aliphatic carbocycles. The summed E-state index contributed by atoms with van der Waals surface area (Å²) in [5.74, 6) is 0.0862. The maximum absolute atomic E-state index is 12.5. The average Bonchev–Trinajstić information content (AvgIpc) is 2.90. The van der Waals surface area contributed by atoms with E-state index in [2.05, 4.69) is 10.2 Å². The lowest BCUT2D eigenvalue weighted by Gasteiger charge is -2.14. The second-order valence-electron chi connectivity index (χ2n) is 5.32. The Hall–Kier alpha value is -2.82. The van der Waals surface area contributed by atoms with Crippen LogP contribution in [0.3, 0.4) is 0 Å². The van der Waals surface area contributed by atoms with Gasteiger partial charge in [-0.1, -0.05) is 29.8 Å². The van der Waals surface area contributed by atoms with Gasteiger partial charge < -0.3 is 0 Å². The van der Waals surface area contributed by atoms with Crippen molar-refractivity contribution < 1.29 is 9.59 Å². The van der Waals surface area contributed by atoms with Gasteiger partial charge in [0.15, 0.2) is 11.6 Å². The molecule has 1 aromatic heterocycles. The number of hydrogen-bond acceptors (Lipinski definition) is 4. The van der Waals surface area contributed by atoms with Crippen molar-refractivity contribution in [3.63, 3.8) is 0 Å².